The minimum atomic E-state index is -0.797. The highest BCUT2D eigenvalue weighted by Gasteiger charge is 2.09. The number of anilines is 1. The number of aromatic nitrogens is 2. The number of hydrogen-bond acceptors (Lipinski definition) is 5. The van der Waals surface area contributed by atoms with Crippen LogP contribution in [0.3, 0.4) is 0 Å². The van der Waals surface area contributed by atoms with Crippen molar-refractivity contribution in [2.45, 2.75) is 12.8 Å². The van der Waals surface area contributed by atoms with Crippen molar-refractivity contribution >= 4 is 11.5 Å². The van der Waals surface area contributed by atoms with Crippen molar-refractivity contribution in [3.63, 3.8) is 0 Å². The zero-order chi connectivity index (χ0) is 14.4. The molecule has 0 spiro atoms. The summed E-state index contributed by atoms with van der Waals surface area (Å²) in [5.41, 5.74) is -0.617. The van der Waals surface area contributed by atoms with Gasteiger partial charge >= 0.3 is 5.69 Å². The lowest BCUT2D eigenvalue weighted by Gasteiger charge is -2.06. The Labute approximate surface area is 114 Å². The maximum absolute atomic E-state index is 11.3. The third-order valence-electron chi connectivity index (χ3n) is 2.80. The van der Waals surface area contributed by atoms with Crippen molar-refractivity contribution in [1.82, 2.24) is 9.97 Å². The maximum atomic E-state index is 11.3. The van der Waals surface area contributed by atoms with E-state index < -0.39 is 11.2 Å². The zero-order valence-electron chi connectivity index (χ0n) is 10.7. The van der Waals surface area contributed by atoms with E-state index in [0.29, 0.717) is 6.54 Å². The molecule has 7 nitrogen and oxygen atoms in total. The van der Waals surface area contributed by atoms with Gasteiger partial charge in [0.25, 0.3) is 5.56 Å². The highest BCUT2D eigenvalue weighted by atomic mass is 16.3. The van der Waals surface area contributed by atoms with Crippen LogP contribution in [0.5, 0.6) is 0 Å². The lowest BCUT2D eigenvalue weighted by atomic mass is 10.1. The van der Waals surface area contributed by atoms with E-state index in [1.54, 1.807) is 0 Å². The summed E-state index contributed by atoms with van der Waals surface area (Å²) >= 11 is 0. The molecule has 0 amide bonds. The number of nitroso groups, excluding NO2 is 1. The summed E-state index contributed by atoms with van der Waals surface area (Å²) in [6, 6.07) is 9.92. The number of nitrogens with one attached hydrogen (secondary N) is 3. The van der Waals surface area contributed by atoms with E-state index in [1.807, 2.05) is 35.3 Å². The van der Waals surface area contributed by atoms with Crippen molar-refractivity contribution in [1.29, 1.82) is 0 Å². The SMILES string of the molecule is O=Nc1c(NCCCc2ccccc2)[nH]c(=O)[nH]c1=O. The second kappa shape index (κ2) is 6.46. The van der Waals surface area contributed by atoms with Crippen molar-refractivity contribution in [2.75, 3.05) is 11.9 Å². The Hall–Kier alpha value is -2.70. The van der Waals surface area contributed by atoms with E-state index in [9.17, 15) is 14.5 Å². The van der Waals surface area contributed by atoms with Gasteiger partial charge in [-0.05, 0) is 23.6 Å². The van der Waals surface area contributed by atoms with E-state index in [1.165, 1.54) is 5.56 Å². The molecular weight excluding hydrogens is 260 g/mol. The lowest BCUT2D eigenvalue weighted by Crippen LogP contribution is -2.24. The van der Waals surface area contributed by atoms with Crippen LogP contribution in [0, 0.1) is 4.91 Å². The maximum Gasteiger partial charge on any atom is 0.327 e. The number of rotatable bonds is 6. The van der Waals surface area contributed by atoms with Crippen LogP contribution in [0.1, 0.15) is 12.0 Å². The molecule has 2 aromatic rings. The number of benzene rings is 1. The largest absolute Gasteiger partial charge is 0.369 e. The monoisotopic (exact) mass is 274 g/mol. The molecule has 0 saturated carbocycles. The van der Waals surface area contributed by atoms with E-state index in [2.05, 4.69) is 15.5 Å². The second-order valence-electron chi connectivity index (χ2n) is 4.24. The Bertz CT molecular complexity index is 691. The first-order chi connectivity index (χ1) is 9.70. The summed E-state index contributed by atoms with van der Waals surface area (Å²) in [5, 5.41) is 5.47. The number of aryl methyl sites for hydroxylation is 1. The van der Waals surface area contributed by atoms with Gasteiger partial charge in [0, 0.05) is 6.54 Å². The molecule has 1 heterocycles. The van der Waals surface area contributed by atoms with Crippen LogP contribution >= 0.6 is 0 Å². The molecule has 0 aliphatic carbocycles. The van der Waals surface area contributed by atoms with Gasteiger partial charge in [0.15, 0.2) is 0 Å². The van der Waals surface area contributed by atoms with Crippen molar-refractivity contribution in [3.05, 3.63) is 61.6 Å². The summed E-state index contributed by atoms with van der Waals surface area (Å²) < 4.78 is 0. The fourth-order valence-corrected chi connectivity index (χ4v) is 1.85. The van der Waals surface area contributed by atoms with Crippen molar-refractivity contribution in [3.8, 4) is 0 Å². The van der Waals surface area contributed by atoms with E-state index in [4.69, 9.17) is 0 Å². The molecule has 0 fully saturated rings. The molecular formula is C13H14N4O3. The predicted molar refractivity (Wildman–Crippen MR) is 76.4 cm³/mol. The smallest absolute Gasteiger partial charge is 0.327 e. The minimum absolute atomic E-state index is 0.0572. The van der Waals surface area contributed by atoms with Crippen LogP contribution in [0.15, 0.2) is 45.1 Å². The van der Waals surface area contributed by atoms with Gasteiger partial charge in [0.1, 0.15) is 5.82 Å². The van der Waals surface area contributed by atoms with Crippen LogP contribution in [-0.2, 0) is 6.42 Å². The fraction of sp³-hybridized carbons (Fsp3) is 0.231. The van der Waals surface area contributed by atoms with Crippen LogP contribution in [0.2, 0.25) is 0 Å². The Morgan fingerprint density at radius 3 is 2.55 bits per heavy atom. The molecule has 0 bridgehead atoms. The van der Waals surface area contributed by atoms with Crippen molar-refractivity contribution < 1.29 is 0 Å². The number of hydrogen-bond donors (Lipinski definition) is 3. The Morgan fingerprint density at radius 1 is 1.10 bits per heavy atom. The molecule has 104 valence electrons. The topological polar surface area (TPSA) is 107 Å². The summed E-state index contributed by atoms with van der Waals surface area (Å²) in [5.74, 6) is 0.0572. The molecule has 0 saturated heterocycles. The third kappa shape index (κ3) is 3.41. The second-order valence-corrected chi connectivity index (χ2v) is 4.24. The average Bonchev–Trinajstić information content (AvgIpc) is 2.44. The van der Waals surface area contributed by atoms with E-state index >= 15 is 0 Å². The van der Waals surface area contributed by atoms with Gasteiger partial charge in [0.05, 0.1) is 0 Å². The average molecular weight is 274 g/mol. The minimum Gasteiger partial charge on any atom is -0.369 e. The molecule has 7 heteroatoms. The molecule has 20 heavy (non-hydrogen) atoms. The van der Waals surface area contributed by atoms with Gasteiger partial charge in [-0.15, -0.1) is 4.91 Å². The van der Waals surface area contributed by atoms with Crippen LogP contribution in [0.25, 0.3) is 0 Å². The van der Waals surface area contributed by atoms with Crippen LogP contribution < -0.4 is 16.6 Å². The normalized spacial score (nSPS) is 10.2. The first-order valence-electron chi connectivity index (χ1n) is 6.18. The van der Waals surface area contributed by atoms with Gasteiger partial charge in [-0.25, -0.2) is 4.79 Å². The zero-order valence-corrected chi connectivity index (χ0v) is 10.7. The summed E-state index contributed by atoms with van der Waals surface area (Å²) in [4.78, 5) is 37.4. The molecule has 0 radical (unpaired) electrons. The first kappa shape index (κ1) is 13.7. The summed E-state index contributed by atoms with van der Waals surface area (Å²) in [7, 11) is 0. The quantitative estimate of drug-likeness (QED) is 0.548. The van der Waals surface area contributed by atoms with Gasteiger partial charge in [-0.2, -0.15) is 0 Å². The van der Waals surface area contributed by atoms with Gasteiger partial charge in [0.2, 0.25) is 5.69 Å². The Morgan fingerprint density at radius 2 is 1.85 bits per heavy atom. The van der Waals surface area contributed by atoms with Gasteiger partial charge in [-0.3, -0.25) is 14.8 Å². The summed E-state index contributed by atoms with van der Waals surface area (Å²) in [6.07, 6.45) is 1.64. The summed E-state index contributed by atoms with van der Waals surface area (Å²) in [6.45, 7) is 0.511. The van der Waals surface area contributed by atoms with Gasteiger partial charge in [-0.1, -0.05) is 30.3 Å². The van der Waals surface area contributed by atoms with Crippen LogP contribution in [-0.4, -0.2) is 16.5 Å². The molecule has 1 aromatic carbocycles. The Balaban J connectivity index is 1.96. The molecule has 0 aliphatic heterocycles. The first-order valence-corrected chi connectivity index (χ1v) is 6.18. The fourth-order valence-electron chi connectivity index (χ4n) is 1.85. The molecule has 1 aromatic heterocycles. The number of aromatic amines is 2. The third-order valence-corrected chi connectivity index (χ3v) is 2.80. The Kier molecular flexibility index (Phi) is 4.43. The van der Waals surface area contributed by atoms with Crippen molar-refractivity contribution in [2.24, 2.45) is 5.18 Å². The van der Waals surface area contributed by atoms with Gasteiger partial charge < -0.3 is 5.32 Å². The predicted octanol–water partition coefficient (Wildman–Crippen LogP) is 1.51. The molecule has 3 N–H and O–H groups in total. The van der Waals surface area contributed by atoms with E-state index in [0.717, 1.165) is 12.8 Å². The lowest BCUT2D eigenvalue weighted by molar-refractivity contribution is 0.855. The highest BCUT2D eigenvalue weighted by molar-refractivity contribution is 5.57. The molecule has 2 rings (SSSR count). The molecule has 0 atom stereocenters. The van der Waals surface area contributed by atoms with E-state index in [-0.39, 0.29) is 11.5 Å². The standard InChI is InChI=1S/C13H14N4O3/c18-12-10(17-20)11(15-13(19)16-12)14-8-4-7-9-5-2-1-3-6-9/h1-3,5-6H,4,7-8H2,(H3,14,15,16,18,19). The molecule has 0 aliphatic rings. The highest BCUT2D eigenvalue weighted by Crippen LogP contribution is 2.14. The number of nitrogens with zero attached hydrogens (tertiary/aromatic N) is 1. The van der Waals surface area contributed by atoms with Crippen LogP contribution in [0.4, 0.5) is 11.5 Å². The molecule has 0 unspecified atom stereocenters. The number of H-pyrrole nitrogens is 2.